The van der Waals surface area contributed by atoms with Crippen LogP contribution in [0.5, 0.6) is 0 Å². The third-order valence-electron chi connectivity index (χ3n) is 1.64. The first-order valence-electron chi connectivity index (χ1n) is 3.94. The Balaban J connectivity index is 0.00000121. The van der Waals surface area contributed by atoms with E-state index in [1.807, 2.05) is 19.4 Å². The van der Waals surface area contributed by atoms with Crippen molar-refractivity contribution in [3.05, 3.63) is 29.6 Å². The molecule has 0 unspecified atom stereocenters. The summed E-state index contributed by atoms with van der Waals surface area (Å²) in [5, 5.41) is 3.10. The molecule has 1 heterocycles. The van der Waals surface area contributed by atoms with Gasteiger partial charge in [0.05, 0.1) is 0 Å². The van der Waals surface area contributed by atoms with Crippen LogP contribution in [-0.4, -0.2) is 12.0 Å². The van der Waals surface area contributed by atoms with Crippen LogP contribution in [0.3, 0.4) is 0 Å². The van der Waals surface area contributed by atoms with E-state index in [9.17, 15) is 0 Å². The predicted molar refractivity (Wildman–Crippen MR) is 48.5 cm³/mol. The van der Waals surface area contributed by atoms with Gasteiger partial charge in [0.1, 0.15) is 0 Å². The molecule has 0 aromatic carbocycles. The molecule has 1 rings (SSSR count). The lowest BCUT2D eigenvalue weighted by Crippen LogP contribution is -2.05. The fourth-order valence-electron chi connectivity index (χ4n) is 1.04. The van der Waals surface area contributed by atoms with Gasteiger partial charge in [0.15, 0.2) is 0 Å². The molecule has 0 spiro atoms. The number of hydrogen-bond donors (Lipinski definition) is 1. The zero-order valence-electron chi connectivity index (χ0n) is 7.09. The first kappa shape index (κ1) is 8.21. The zero-order chi connectivity index (χ0) is 8.10. The van der Waals surface area contributed by atoms with E-state index in [2.05, 4.69) is 23.3 Å². The molecular weight excluding hydrogens is 136 g/mol. The monoisotopic (exact) mass is 152 g/mol. The highest BCUT2D eigenvalue weighted by atomic mass is 14.8. The van der Waals surface area contributed by atoms with Crippen molar-refractivity contribution in [3.8, 4) is 0 Å². The van der Waals surface area contributed by atoms with Gasteiger partial charge in [-0.2, -0.15) is 0 Å². The smallest absolute Gasteiger partial charge is 0.0313 e. The first-order chi connectivity index (χ1) is 5.36. The van der Waals surface area contributed by atoms with Gasteiger partial charge in [0.2, 0.25) is 0 Å². The average molecular weight is 152 g/mol. The number of hydrogen-bond acceptors (Lipinski definition) is 2. The Morgan fingerprint density at radius 3 is 2.82 bits per heavy atom. The summed E-state index contributed by atoms with van der Waals surface area (Å²) in [6.45, 7) is 3.04. The Bertz CT molecular complexity index is 226. The Hall–Kier alpha value is -0.890. The molecular formula is C9H16N2. The summed E-state index contributed by atoms with van der Waals surface area (Å²) in [5.41, 5.74) is 2.56. The van der Waals surface area contributed by atoms with E-state index < -0.39 is 0 Å². The van der Waals surface area contributed by atoms with Crippen molar-refractivity contribution in [1.29, 1.82) is 0 Å². The molecule has 0 aliphatic heterocycles. The molecule has 2 heteroatoms. The summed E-state index contributed by atoms with van der Waals surface area (Å²) >= 11 is 0. The van der Waals surface area contributed by atoms with E-state index in [1.165, 1.54) is 11.1 Å². The predicted octanol–water partition coefficient (Wildman–Crippen LogP) is 1.61. The number of nitrogens with zero attached hydrogens (tertiary/aromatic N) is 1. The van der Waals surface area contributed by atoms with E-state index in [1.54, 1.807) is 0 Å². The molecule has 0 amide bonds. The minimum absolute atomic E-state index is 0. The molecule has 0 saturated heterocycles. The highest BCUT2D eigenvalue weighted by Gasteiger charge is 1.92. The van der Waals surface area contributed by atoms with Gasteiger partial charge in [-0.25, -0.2) is 0 Å². The number of nitrogens with one attached hydrogen (secondary N) is 1. The zero-order valence-corrected chi connectivity index (χ0v) is 7.09. The van der Waals surface area contributed by atoms with Gasteiger partial charge in [0, 0.05) is 20.4 Å². The highest BCUT2D eigenvalue weighted by molar-refractivity contribution is 5.17. The Morgan fingerprint density at radius 1 is 1.45 bits per heavy atom. The number of rotatable bonds is 3. The standard InChI is InChI=1S/C9H14N2.H2/c1-3-8-4-9(5-10-2)7-11-6-8;/h4,6-7,10H,3,5H2,1-2H3;1H. The molecule has 0 aliphatic rings. The van der Waals surface area contributed by atoms with Crippen molar-refractivity contribution in [2.75, 3.05) is 7.05 Å². The van der Waals surface area contributed by atoms with Crippen LogP contribution in [-0.2, 0) is 13.0 Å². The molecule has 62 valence electrons. The lowest BCUT2D eigenvalue weighted by molar-refractivity contribution is 0.810. The fraction of sp³-hybridized carbons (Fsp3) is 0.444. The molecule has 0 radical (unpaired) electrons. The Kier molecular flexibility index (Phi) is 3.05. The molecule has 2 nitrogen and oxygen atoms in total. The maximum absolute atomic E-state index is 4.13. The summed E-state index contributed by atoms with van der Waals surface area (Å²) in [6, 6.07) is 2.18. The van der Waals surface area contributed by atoms with Crippen LogP contribution in [0.4, 0.5) is 0 Å². The molecule has 0 saturated carbocycles. The Morgan fingerprint density at radius 2 is 2.18 bits per heavy atom. The van der Waals surface area contributed by atoms with Crippen molar-refractivity contribution in [1.82, 2.24) is 10.3 Å². The van der Waals surface area contributed by atoms with Gasteiger partial charge in [-0.1, -0.05) is 13.0 Å². The summed E-state index contributed by atoms with van der Waals surface area (Å²) < 4.78 is 0. The molecule has 0 atom stereocenters. The average Bonchev–Trinajstić information content (AvgIpc) is 2.06. The molecule has 0 aliphatic carbocycles. The van der Waals surface area contributed by atoms with E-state index in [4.69, 9.17) is 0 Å². The van der Waals surface area contributed by atoms with Crippen LogP contribution >= 0.6 is 0 Å². The SMILES string of the molecule is CCc1cncc(CNC)c1.[HH]. The molecule has 11 heavy (non-hydrogen) atoms. The number of aryl methyl sites for hydroxylation is 1. The number of aromatic nitrogens is 1. The second kappa shape index (κ2) is 4.09. The van der Waals surface area contributed by atoms with Crippen molar-refractivity contribution < 1.29 is 1.43 Å². The minimum atomic E-state index is 0. The molecule has 1 N–H and O–H groups in total. The van der Waals surface area contributed by atoms with Gasteiger partial charge >= 0.3 is 0 Å². The lowest BCUT2D eigenvalue weighted by Gasteiger charge is -2.00. The molecule has 1 aromatic heterocycles. The number of pyridine rings is 1. The van der Waals surface area contributed by atoms with Crippen LogP contribution in [0.2, 0.25) is 0 Å². The van der Waals surface area contributed by atoms with Gasteiger partial charge < -0.3 is 5.32 Å². The second-order valence-electron chi connectivity index (χ2n) is 2.59. The van der Waals surface area contributed by atoms with Crippen LogP contribution < -0.4 is 5.32 Å². The Labute approximate surface area is 69.1 Å². The van der Waals surface area contributed by atoms with Crippen LogP contribution in [0, 0.1) is 0 Å². The highest BCUT2D eigenvalue weighted by Crippen LogP contribution is 2.02. The van der Waals surface area contributed by atoms with E-state index in [0.29, 0.717) is 0 Å². The topological polar surface area (TPSA) is 24.9 Å². The summed E-state index contributed by atoms with van der Waals surface area (Å²) in [4.78, 5) is 4.13. The lowest BCUT2D eigenvalue weighted by atomic mass is 10.2. The first-order valence-corrected chi connectivity index (χ1v) is 3.94. The van der Waals surface area contributed by atoms with Gasteiger partial charge in [0.25, 0.3) is 0 Å². The summed E-state index contributed by atoms with van der Waals surface area (Å²) in [7, 11) is 1.94. The molecule has 0 fully saturated rings. The van der Waals surface area contributed by atoms with Crippen molar-refractivity contribution in [3.63, 3.8) is 0 Å². The van der Waals surface area contributed by atoms with Crippen LogP contribution in [0.15, 0.2) is 18.5 Å². The largest absolute Gasteiger partial charge is 0.316 e. The van der Waals surface area contributed by atoms with Crippen molar-refractivity contribution >= 4 is 0 Å². The molecule has 1 aromatic rings. The second-order valence-corrected chi connectivity index (χ2v) is 2.59. The van der Waals surface area contributed by atoms with Gasteiger partial charge in [-0.3, -0.25) is 4.98 Å². The summed E-state index contributed by atoms with van der Waals surface area (Å²) in [5.74, 6) is 0. The molecule has 0 bridgehead atoms. The minimum Gasteiger partial charge on any atom is -0.316 e. The normalized spacial score (nSPS) is 10.0. The van der Waals surface area contributed by atoms with E-state index in [-0.39, 0.29) is 1.43 Å². The van der Waals surface area contributed by atoms with E-state index in [0.717, 1.165) is 13.0 Å². The third-order valence-corrected chi connectivity index (χ3v) is 1.64. The van der Waals surface area contributed by atoms with Gasteiger partial charge in [-0.15, -0.1) is 0 Å². The van der Waals surface area contributed by atoms with Crippen LogP contribution in [0.1, 0.15) is 19.5 Å². The van der Waals surface area contributed by atoms with Crippen LogP contribution in [0.25, 0.3) is 0 Å². The van der Waals surface area contributed by atoms with Gasteiger partial charge in [-0.05, 0) is 24.6 Å². The fourth-order valence-corrected chi connectivity index (χ4v) is 1.04. The third kappa shape index (κ3) is 2.31. The maximum Gasteiger partial charge on any atom is 0.0313 e. The van der Waals surface area contributed by atoms with Crippen molar-refractivity contribution in [2.45, 2.75) is 19.9 Å². The van der Waals surface area contributed by atoms with Crippen molar-refractivity contribution in [2.24, 2.45) is 0 Å². The maximum atomic E-state index is 4.13. The quantitative estimate of drug-likeness (QED) is 0.711. The summed E-state index contributed by atoms with van der Waals surface area (Å²) in [6.07, 6.45) is 4.87. The van der Waals surface area contributed by atoms with E-state index >= 15 is 0 Å².